The molecule has 1 aliphatic rings. The molecule has 312 valence electrons. The van der Waals surface area contributed by atoms with Gasteiger partial charge in [0, 0.05) is 49.7 Å². The Bertz CT molecular complexity index is 3800. The molecule has 2 aromatic heterocycles. The lowest BCUT2D eigenvalue weighted by molar-refractivity contribution is 0.660. The zero-order valence-electron chi connectivity index (χ0n) is 36.7. The molecule has 0 N–H and O–H groups in total. The number of nitrogens with zero attached hydrogens (tertiary/aromatic N) is 2. The van der Waals surface area contributed by atoms with Crippen molar-refractivity contribution in [2.24, 2.45) is 0 Å². The lowest BCUT2D eigenvalue weighted by Gasteiger charge is -2.28. The molecule has 0 atom stereocenters. The molecule has 3 heteroatoms. The van der Waals surface area contributed by atoms with Crippen LogP contribution in [-0.4, -0.2) is 4.57 Å². The zero-order valence-corrected chi connectivity index (χ0v) is 36.7. The number of benzene rings is 10. The topological polar surface area (TPSA) is 21.3 Å². The minimum atomic E-state index is -0.161. The summed E-state index contributed by atoms with van der Waals surface area (Å²) >= 11 is 0. The molecule has 3 nitrogen and oxygen atoms in total. The SMILES string of the molecule is CC1(C)c2ccc(-c3ccccc3)cc2-c2ccc(N(c3ccc(-c4ccccc4)cc3)c3ccc(-c4ccc(-n5c6ccccc6c6ccc7c8ccccc8oc7c65)cc4)cc3)cc21. The van der Waals surface area contributed by atoms with E-state index in [2.05, 4.69) is 248 Å². The molecular formula is C63H44N2O. The van der Waals surface area contributed by atoms with Crippen LogP contribution in [0.4, 0.5) is 17.1 Å². The van der Waals surface area contributed by atoms with Gasteiger partial charge >= 0.3 is 0 Å². The van der Waals surface area contributed by atoms with Gasteiger partial charge in [-0.1, -0.05) is 172 Å². The average molecular weight is 845 g/mol. The summed E-state index contributed by atoms with van der Waals surface area (Å²) in [6, 6.07) is 83.8. The predicted molar refractivity (Wildman–Crippen MR) is 277 cm³/mol. The standard InChI is InChI=1S/C63H44N2O/c1-63(2)57-38-27-46(42-15-7-4-8-16-42)39-56(57)51-35-34-50(40-58(51)63)64(47-28-21-43(22-29-47)41-13-5-3-6-14-41)48-30-23-44(24-31-48)45-25-32-49(33-26-45)65-59-19-11-9-17-52(59)54-36-37-55-53-18-10-12-20-60(53)66-62(55)61(54)65/h3-40H,1-2H3. The number of para-hydroxylation sites is 2. The van der Waals surface area contributed by atoms with E-state index in [-0.39, 0.29) is 5.41 Å². The maximum atomic E-state index is 6.61. The van der Waals surface area contributed by atoms with E-state index in [1.54, 1.807) is 0 Å². The fourth-order valence-corrected chi connectivity index (χ4v) is 10.7. The van der Waals surface area contributed by atoms with E-state index < -0.39 is 0 Å². The van der Waals surface area contributed by atoms with Crippen molar-refractivity contribution in [3.05, 3.63) is 242 Å². The van der Waals surface area contributed by atoms with E-state index in [0.29, 0.717) is 0 Å². The number of anilines is 3. The van der Waals surface area contributed by atoms with E-state index in [0.717, 1.165) is 66.8 Å². The van der Waals surface area contributed by atoms with Gasteiger partial charge in [0.05, 0.1) is 11.0 Å². The van der Waals surface area contributed by atoms with Gasteiger partial charge < -0.3 is 13.9 Å². The molecule has 0 radical (unpaired) electrons. The Morgan fingerprint density at radius 3 is 1.59 bits per heavy atom. The normalized spacial score (nSPS) is 12.8. The van der Waals surface area contributed by atoms with Crippen LogP contribution in [0.3, 0.4) is 0 Å². The van der Waals surface area contributed by atoms with Gasteiger partial charge in [0.15, 0.2) is 5.58 Å². The molecular weight excluding hydrogens is 801 g/mol. The minimum absolute atomic E-state index is 0.161. The fourth-order valence-electron chi connectivity index (χ4n) is 10.7. The molecule has 12 aromatic rings. The molecule has 0 amide bonds. The molecule has 66 heavy (non-hydrogen) atoms. The van der Waals surface area contributed by atoms with Crippen molar-refractivity contribution in [2.45, 2.75) is 19.3 Å². The molecule has 0 bridgehead atoms. The van der Waals surface area contributed by atoms with Crippen LogP contribution in [-0.2, 0) is 5.41 Å². The molecule has 13 rings (SSSR count). The summed E-state index contributed by atoms with van der Waals surface area (Å²) in [5.41, 5.74) is 20.9. The van der Waals surface area contributed by atoms with Gasteiger partial charge in [-0.15, -0.1) is 0 Å². The van der Waals surface area contributed by atoms with Crippen LogP contribution in [0, 0.1) is 0 Å². The Morgan fingerprint density at radius 2 is 0.909 bits per heavy atom. The summed E-state index contributed by atoms with van der Waals surface area (Å²) < 4.78 is 8.98. The molecule has 0 saturated heterocycles. The highest BCUT2D eigenvalue weighted by molar-refractivity contribution is 6.21. The highest BCUT2D eigenvalue weighted by Crippen LogP contribution is 2.52. The first-order valence-electron chi connectivity index (χ1n) is 22.8. The van der Waals surface area contributed by atoms with E-state index in [4.69, 9.17) is 4.42 Å². The molecule has 0 saturated carbocycles. The Kier molecular flexibility index (Phi) is 8.56. The van der Waals surface area contributed by atoms with Gasteiger partial charge in [-0.25, -0.2) is 0 Å². The third kappa shape index (κ3) is 5.97. The maximum Gasteiger partial charge on any atom is 0.160 e. The second-order valence-corrected chi connectivity index (χ2v) is 18.1. The van der Waals surface area contributed by atoms with Crippen LogP contribution in [0.5, 0.6) is 0 Å². The smallest absolute Gasteiger partial charge is 0.160 e. The van der Waals surface area contributed by atoms with Gasteiger partial charge in [0.25, 0.3) is 0 Å². The Balaban J connectivity index is 0.882. The summed E-state index contributed by atoms with van der Waals surface area (Å²) in [6.45, 7) is 4.73. The number of hydrogen-bond donors (Lipinski definition) is 0. The Morgan fingerprint density at radius 1 is 0.379 bits per heavy atom. The predicted octanol–water partition coefficient (Wildman–Crippen LogP) is 17.5. The summed E-state index contributed by atoms with van der Waals surface area (Å²) in [6.07, 6.45) is 0. The molecule has 0 fully saturated rings. The van der Waals surface area contributed by atoms with E-state index in [1.807, 2.05) is 6.07 Å². The highest BCUT2D eigenvalue weighted by Gasteiger charge is 2.36. The van der Waals surface area contributed by atoms with Crippen molar-refractivity contribution >= 4 is 60.8 Å². The van der Waals surface area contributed by atoms with Crippen LogP contribution < -0.4 is 4.90 Å². The molecule has 10 aromatic carbocycles. The van der Waals surface area contributed by atoms with Crippen LogP contribution >= 0.6 is 0 Å². The number of aromatic nitrogens is 1. The lowest BCUT2D eigenvalue weighted by atomic mass is 9.82. The van der Waals surface area contributed by atoms with Crippen molar-refractivity contribution in [2.75, 3.05) is 4.90 Å². The van der Waals surface area contributed by atoms with Gasteiger partial charge in [-0.2, -0.15) is 0 Å². The summed E-state index contributed by atoms with van der Waals surface area (Å²) in [5, 5.41) is 4.66. The summed E-state index contributed by atoms with van der Waals surface area (Å²) in [4.78, 5) is 2.40. The van der Waals surface area contributed by atoms with Crippen LogP contribution in [0.15, 0.2) is 235 Å². The van der Waals surface area contributed by atoms with Crippen LogP contribution in [0.2, 0.25) is 0 Å². The minimum Gasteiger partial charge on any atom is -0.454 e. The van der Waals surface area contributed by atoms with Crippen molar-refractivity contribution in [1.82, 2.24) is 4.57 Å². The monoisotopic (exact) mass is 844 g/mol. The number of furan rings is 1. The maximum absolute atomic E-state index is 6.61. The molecule has 0 unspecified atom stereocenters. The summed E-state index contributed by atoms with van der Waals surface area (Å²) in [5.74, 6) is 0. The second-order valence-electron chi connectivity index (χ2n) is 18.1. The van der Waals surface area contributed by atoms with Crippen molar-refractivity contribution in [1.29, 1.82) is 0 Å². The summed E-state index contributed by atoms with van der Waals surface area (Å²) in [7, 11) is 0. The van der Waals surface area contributed by atoms with Crippen LogP contribution in [0.1, 0.15) is 25.0 Å². The van der Waals surface area contributed by atoms with Crippen molar-refractivity contribution in [3.63, 3.8) is 0 Å². The molecule has 1 aliphatic carbocycles. The Hall–Kier alpha value is -8.40. The molecule has 0 aliphatic heterocycles. The zero-order chi connectivity index (χ0) is 43.9. The van der Waals surface area contributed by atoms with Gasteiger partial charge in [0.1, 0.15) is 5.58 Å². The number of rotatable bonds is 7. The third-order valence-corrected chi connectivity index (χ3v) is 14.0. The highest BCUT2D eigenvalue weighted by atomic mass is 16.3. The number of fused-ring (bicyclic) bond motifs is 10. The first kappa shape index (κ1) is 38.1. The third-order valence-electron chi connectivity index (χ3n) is 14.0. The first-order chi connectivity index (χ1) is 32.5. The van der Waals surface area contributed by atoms with Crippen molar-refractivity contribution < 1.29 is 4.42 Å². The number of hydrogen-bond acceptors (Lipinski definition) is 2. The van der Waals surface area contributed by atoms with Gasteiger partial charge in [-0.3, -0.25) is 0 Å². The molecule has 0 spiro atoms. The fraction of sp³-hybridized carbons (Fsp3) is 0.0476. The second kappa shape index (κ2) is 14.8. The van der Waals surface area contributed by atoms with E-state index in [9.17, 15) is 0 Å². The van der Waals surface area contributed by atoms with E-state index in [1.165, 1.54) is 55.3 Å². The lowest BCUT2D eigenvalue weighted by Crippen LogP contribution is -2.16. The largest absolute Gasteiger partial charge is 0.454 e. The average Bonchev–Trinajstić information content (AvgIpc) is 4.00. The van der Waals surface area contributed by atoms with Gasteiger partial charge in [0.2, 0.25) is 0 Å². The van der Waals surface area contributed by atoms with Crippen LogP contribution in [0.25, 0.3) is 93.9 Å². The van der Waals surface area contributed by atoms with E-state index >= 15 is 0 Å². The first-order valence-corrected chi connectivity index (χ1v) is 22.8. The van der Waals surface area contributed by atoms with Crippen molar-refractivity contribution in [3.8, 4) is 50.2 Å². The molecule has 2 heterocycles. The van der Waals surface area contributed by atoms with Gasteiger partial charge in [-0.05, 0) is 128 Å². The quantitative estimate of drug-likeness (QED) is 0.159. The Labute approximate surface area is 384 Å².